The molecule has 3 N–H and O–H groups in total. The van der Waals surface area contributed by atoms with Gasteiger partial charge < -0.3 is 0 Å². The summed E-state index contributed by atoms with van der Waals surface area (Å²) in [6.07, 6.45) is 8.27. The summed E-state index contributed by atoms with van der Waals surface area (Å²) >= 11 is 3.55. The molecule has 1 unspecified atom stereocenters. The minimum atomic E-state index is 0.158. The topological polar surface area (TPSA) is 68.8 Å². The van der Waals surface area contributed by atoms with Crippen LogP contribution in [-0.2, 0) is 7.05 Å². The van der Waals surface area contributed by atoms with Crippen LogP contribution in [0.3, 0.4) is 0 Å². The van der Waals surface area contributed by atoms with E-state index < -0.39 is 0 Å². The normalized spacial score (nSPS) is 40.2. The van der Waals surface area contributed by atoms with Gasteiger partial charge in [-0.2, -0.15) is 0 Å². The number of aromatic nitrogens is 3. The Morgan fingerprint density at radius 2 is 1.80 bits per heavy atom. The molecule has 110 valence electrons. The number of hydrogen-bond acceptors (Lipinski definition) is 4. The van der Waals surface area contributed by atoms with Gasteiger partial charge in [-0.05, 0) is 77.6 Å². The van der Waals surface area contributed by atoms with Gasteiger partial charge in [0.2, 0.25) is 0 Å². The molecule has 0 spiro atoms. The molecule has 1 heterocycles. The summed E-state index contributed by atoms with van der Waals surface area (Å²) in [5, 5.41) is 8.28. The van der Waals surface area contributed by atoms with E-state index in [1.165, 1.54) is 38.5 Å². The van der Waals surface area contributed by atoms with Crippen LogP contribution in [-0.4, -0.2) is 15.0 Å². The molecule has 0 saturated heterocycles. The molecule has 4 fully saturated rings. The first-order valence-electron chi connectivity index (χ1n) is 7.62. The van der Waals surface area contributed by atoms with Gasteiger partial charge in [0.15, 0.2) is 4.60 Å². The van der Waals surface area contributed by atoms with E-state index in [2.05, 4.69) is 31.7 Å². The highest BCUT2D eigenvalue weighted by atomic mass is 79.9. The number of hydrazine groups is 1. The highest BCUT2D eigenvalue weighted by Gasteiger charge is 2.55. The Balaban J connectivity index is 1.74. The Labute approximate surface area is 127 Å². The summed E-state index contributed by atoms with van der Waals surface area (Å²) in [5.74, 6) is 8.73. The minimum absolute atomic E-state index is 0.158. The van der Waals surface area contributed by atoms with Gasteiger partial charge in [-0.25, -0.2) is 4.68 Å². The van der Waals surface area contributed by atoms with Crippen molar-refractivity contribution in [3.8, 4) is 0 Å². The molecule has 0 amide bonds. The molecule has 5 nitrogen and oxygen atoms in total. The van der Waals surface area contributed by atoms with E-state index in [4.69, 9.17) is 5.84 Å². The van der Waals surface area contributed by atoms with E-state index in [0.717, 1.165) is 28.1 Å². The smallest absolute Gasteiger partial charge is 0.153 e. The predicted molar refractivity (Wildman–Crippen MR) is 79.4 cm³/mol. The van der Waals surface area contributed by atoms with Crippen molar-refractivity contribution >= 4 is 15.9 Å². The molecule has 20 heavy (non-hydrogen) atoms. The first-order chi connectivity index (χ1) is 9.61. The van der Waals surface area contributed by atoms with Crippen molar-refractivity contribution in [1.82, 2.24) is 20.4 Å². The number of hydrogen-bond donors (Lipinski definition) is 2. The Kier molecular flexibility index (Phi) is 2.98. The Bertz CT molecular complexity index is 471. The molecule has 4 bridgehead atoms. The lowest BCUT2D eigenvalue weighted by atomic mass is 9.47. The van der Waals surface area contributed by atoms with E-state index in [0.29, 0.717) is 5.41 Å². The van der Waals surface area contributed by atoms with Crippen LogP contribution in [0.2, 0.25) is 0 Å². The van der Waals surface area contributed by atoms with Crippen molar-refractivity contribution in [2.45, 2.75) is 44.6 Å². The zero-order valence-corrected chi connectivity index (χ0v) is 13.4. The van der Waals surface area contributed by atoms with Gasteiger partial charge in [-0.15, -0.1) is 5.10 Å². The second kappa shape index (κ2) is 4.52. The predicted octanol–water partition coefficient (Wildman–Crippen LogP) is 2.30. The van der Waals surface area contributed by atoms with Crippen LogP contribution in [0.25, 0.3) is 0 Å². The SMILES string of the molecule is Cn1nnc(Br)c1C(NN)C12CC3CC(CC(C3)C1)C2. The molecule has 1 atom stereocenters. The van der Waals surface area contributed by atoms with E-state index >= 15 is 0 Å². The van der Waals surface area contributed by atoms with E-state index in [9.17, 15) is 0 Å². The van der Waals surface area contributed by atoms with Gasteiger partial charge in [0.25, 0.3) is 0 Å². The highest BCUT2D eigenvalue weighted by Crippen LogP contribution is 2.64. The Morgan fingerprint density at radius 3 is 2.20 bits per heavy atom. The lowest BCUT2D eigenvalue weighted by Crippen LogP contribution is -2.53. The molecule has 0 aliphatic heterocycles. The highest BCUT2D eigenvalue weighted by molar-refractivity contribution is 9.10. The number of aryl methyl sites for hydroxylation is 1. The maximum Gasteiger partial charge on any atom is 0.153 e. The molecule has 1 aromatic rings. The fraction of sp³-hybridized carbons (Fsp3) is 0.857. The molecule has 4 aliphatic rings. The van der Waals surface area contributed by atoms with Gasteiger partial charge in [-0.3, -0.25) is 11.3 Å². The quantitative estimate of drug-likeness (QED) is 0.654. The summed E-state index contributed by atoms with van der Waals surface area (Å²) < 4.78 is 2.70. The van der Waals surface area contributed by atoms with Crippen LogP contribution in [0.1, 0.15) is 50.3 Å². The third-order valence-electron chi connectivity index (χ3n) is 5.96. The van der Waals surface area contributed by atoms with Crippen molar-refractivity contribution in [2.24, 2.45) is 36.1 Å². The zero-order chi connectivity index (χ0) is 13.9. The zero-order valence-electron chi connectivity index (χ0n) is 11.8. The third-order valence-corrected chi connectivity index (χ3v) is 6.53. The summed E-state index contributed by atoms with van der Waals surface area (Å²) in [6, 6.07) is 0.158. The molecule has 0 radical (unpaired) electrons. The summed E-state index contributed by atoms with van der Waals surface area (Å²) in [7, 11) is 1.96. The molecule has 5 rings (SSSR count). The fourth-order valence-electron chi connectivity index (χ4n) is 5.72. The minimum Gasteiger partial charge on any atom is -0.271 e. The van der Waals surface area contributed by atoms with Crippen LogP contribution in [0.15, 0.2) is 4.60 Å². The molecule has 0 aromatic carbocycles. The Morgan fingerprint density at radius 1 is 1.25 bits per heavy atom. The molecule has 1 aromatic heterocycles. The molecule has 4 aliphatic carbocycles. The van der Waals surface area contributed by atoms with Gasteiger partial charge >= 0.3 is 0 Å². The largest absolute Gasteiger partial charge is 0.271 e. The van der Waals surface area contributed by atoms with Gasteiger partial charge in [-0.1, -0.05) is 5.21 Å². The lowest BCUT2D eigenvalue weighted by molar-refractivity contribution is -0.0764. The summed E-state index contributed by atoms with van der Waals surface area (Å²) in [4.78, 5) is 0. The first kappa shape index (κ1) is 13.2. The Hall–Kier alpha value is -0.460. The fourth-order valence-corrected chi connectivity index (χ4v) is 6.28. The standard InChI is InChI=1S/C14H22BrN5/c1-20-11(13(15)18-19-20)12(17-16)14-5-8-2-9(6-14)4-10(3-8)7-14/h8-10,12,17H,2-7,16H2,1H3. The average Bonchev–Trinajstić information content (AvgIpc) is 2.70. The second-order valence-corrected chi connectivity index (χ2v) is 8.02. The van der Waals surface area contributed by atoms with E-state index in [-0.39, 0.29) is 6.04 Å². The van der Waals surface area contributed by atoms with E-state index in [1.807, 2.05) is 11.7 Å². The number of nitrogens with zero attached hydrogens (tertiary/aromatic N) is 3. The van der Waals surface area contributed by atoms with Crippen LogP contribution in [0, 0.1) is 23.2 Å². The van der Waals surface area contributed by atoms with Crippen LogP contribution >= 0.6 is 15.9 Å². The van der Waals surface area contributed by atoms with Gasteiger partial charge in [0, 0.05) is 7.05 Å². The number of nitrogens with two attached hydrogens (primary N) is 1. The number of rotatable bonds is 3. The lowest BCUT2D eigenvalue weighted by Gasteiger charge is -2.59. The maximum absolute atomic E-state index is 5.98. The van der Waals surface area contributed by atoms with Crippen molar-refractivity contribution in [3.05, 3.63) is 10.3 Å². The van der Waals surface area contributed by atoms with Gasteiger partial charge in [0.05, 0.1) is 11.7 Å². The van der Waals surface area contributed by atoms with Crippen molar-refractivity contribution in [2.75, 3.05) is 0 Å². The summed E-state index contributed by atoms with van der Waals surface area (Å²) in [6.45, 7) is 0. The maximum atomic E-state index is 5.98. The third kappa shape index (κ3) is 1.81. The van der Waals surface area contributed by atoms with Crippen LogP contribution in [0.4, 0.5) is 0 Å². The average molecular weight is 340 g/mol. The number of halogens is 1. The van der Waals surface area contributed by atoms with Crippen molar-refractivity contribution in [1.29, 1.82) is 0 Å². The van der Waals surface area contributed by atoms with Gasteiger partial charge in [0.1, 0.15) is 0 Å². The van der Waals surface area contributed by atoms with Crippen molar-refractivity contribution in [3.63, 3.8) is 0 Å². The monoisotopic (exact) mass is 339 g/mol. The summed E-state index contributed by atoms with van der Waals surface area (Å²) in [5.41, 5.74) is 4.53. The van der Waals surface area contributed by atoms with Crippen LogP contribution in [0.5, 0.6) is 0 Å². The second-order valence-electron chi connectivity index (χ2n) is 7.27. The molecular formula is C14H22BrN5. The molecule has 4 saturated carbocycles. The van der Waals surface area contributed by atoms with Crippen LogP contribution < -0.4 is 11.3 Å². The molecule has 6 heteroatoms. The molecular weight excluding hydrogens is 318 g/mol. The number of nitrogens with one attached hydrogen (secondary N) is 1. The van der Waals surface area contributed by atoms with Crippen molar-refractivity contribution < 1.29 is 0 Å². The first-order valence-corrected chi connectivity index (χ1v) is 8.42. The van der Waals surface area contributed by atoms with E-state index in [1.54, 1.807) is 0 Å².